The van der Waals surface area contributed by atoms with Gasteiger partial charge in [-0.05, 0) is 51.2 Å². The Kier molecular flexibility index (Phi) is 6.36. The number of carbonyl (C=O) groups excluding carboxylic acids is 1. The number of primary amides is 1. The number of likely N-dealkylation sites (N-methyl/N-ethyl adjacent to an activating group) is 1. The minimum absolute atomic E-state index is 0.0715. The molecule has 0 saturated carbocycles. The van der Waals surface area contributed by atoms with Gasteiger partial charge < -0.3 is 16.2 Å². The van der Waals surface area contributed by atoms with E-state index in [1.54, 1.807) is 19.0 Å². The van der Waals surface area contributed by atoms with E-state index in [2.05, 4.69) is 16.5 Å². The molecule has 1 aliphatic rings. The molecule has 10 nitrogen and oxygen atoms in total. The van der Waals surface area contributed by atoms with Crippen LogP contribution in [0.4, 0.5) is 20.7 Å². The van der Waals surface area contributed by atoms with Gasteiger partial charge in [0.05, 0.1) is 12.0 Å². The van der Waals surface area contributed by atoms with E-state index in [0.717, 1.165) is 0 Å². The zero-order valence-corrected chi connectivity index (χ0v) is 18.1. The Morgan fingerprint density at radius 1 is 1.41 bits per heavy atom. The standard InChI is InChI=1S/C21H26FN7O3/c1-4-21(27(2)3)17(13(11-23)9-10-28(21)20(31)32)29-12-16(18(24)30)19(26-29)25-15-7-5-14(22)6-8-15/h5-8,12-13,17H,4,9-10H2,1-3H3,(H2,24,30)(H,25,26)(H,31,32). The first-order valence-corrected chi connectivity index (χ1v) is 10.1. The average molecular weight is 443 g/mol. The third-order valence-corrected chi connectivity index (χ3v) is 6.07. The van der Waals surface area contributed by atoms with E-state index in [1.807, 2.05) is 6.92 Å². The molecule has 1 saturated heterocycles. The number of hydrogen-bond acceptors (Lipinski definition) is 6. The van der Waals surface area contributed by atoms with Crippen LogP contribution in [0.25, 0.3) is 0 Å². The number of halogens is 1. The van der Waals surface area contributed by atoms with Gasteiger partial charge in [0, 0.05) is 18.4 Å². The van der Waals surface area contributed by atoms with Gasteiger partial charge in [-0.2, -0.15) is 10.4 Å². The molecular weight excluding hydrogens is 417 g/mol. The molecule has 4 N–H and O–H groups in total. The number of amides is 2. The summed E-state index contributed by atoms with van der Waals surface area (Å²) in [6.45, 7) is 2.04. The molecule has 3 unspecified atom stereocenters. The first kappa shape index (κ1) is 23.0. The maximum atomic E-state index is 13.3. The van der Waals surface area contributed by atoms with E-state index in [0.29, 0.717) is 18.5 Å². The highest BCUT2D eigenvalue weighted by Gasteiger charge is 2.55. The van der Waals surface area contributed by atoms with Gasteiger partial charge in [0.15, 0.2) is 5.82 Å². The number of carbonyl (C=O) groups is 2. The second-order valence-electron chi connectivity index (χ2n) is 7.90. The van der Waals surface area contributed by atoms with Crippen LogP contribution in [0.15, 0.2) is 30.5 Å². The van der Waals surface area contributed by atoms with Gasteiger partial charge >= 0.3 is 6.09 Å². The Morgan fingerprint density at radius 3 is 2.56 bits per heavy atom. The van der Waals surface area contributed by atoms with Gasteiger partial charge in [0.25, 0.3) is 5.91 Å². The van der Waals surface area contributed by atoms with Crippen LogP contribution in [-0.2, 0) is 0 Å². The van der Waals surface area contributed by atoms with Crippen molar-refractivity contribution in [2.75, 3.05) is 26.0 Å². The van der Waals surface area contributed by atoms with Crippen molar-refractivity contribution in [2.45, 2.75) is 31.5 Å². The van der Waals surface area contributed by atoms with Crippen molar-refractivity contribution in [1.29, 1.82) is 5.26 Å². The van der Waals surface area contributed by atoms with E-state index in [9.17, 15) is 24.3 Å². The van der Waals surface area contributed by atoms with Gasteiger partial charge in [-0.1, -0.05) is 6.92 Å². The maximum Gasteiger partial charge on any atom is 0.408 e. The van der Waals surface area contributed by atoms with Crippen LogP contribution in [0.2, 0.25) is 0 Å². The van der Waals surface area contributed by atoms with Crippen molar-refractivity contribution in [3.05, 3.63) is 41.8 Å². The highest BCUT2D eigenvalue weighted by molar-refractivity contribution is 5.98. The second-order valence-corrected chi connectivity index (χ2v) is 7.90. The molecule has 1 aromatic heterocycles. The summed E-state index contributed by atoms with van der Waals surface area (Å²) in [5.41, 5.74) is 5.04. The molecule has 2 aromatic rings. The van der Waals surface area contributed by atoms with Crippen molar-refractivity contribution in [3.63, 3.8) is 0 Å². The number of rotatable bonds is 6. The number of nitrogens with one attached hydrogen (secondary N) is 1. The highest BCUT2D eigenvalue weighted by Crippen LogP contribution is 2.45. The molecule has 3 atom stereocenters. The van der Waals surface area contributed by atoms with Gasteiger partial charge in [-0.3, -0.25) is 19.3 Å². The number of nitrogens with zero attached hydrogens (tertiary/aromatic N) is 5. The normalized spacial score (nSPS) is 23.1. The number of anilines is 2. The number of nitrogens with two attached hydrogens (primary N) is 1. The maximum absolute atomic E-state index is 13.3. The number of likely N-dealkylation sites (tertiary alicyclic amines) is 1. The summed E-state index contributed by atoms with van der Waals surface area (Å²) in [6.07, 6.45) is 1.02. The molecule has 11 heteroatoms. The van der Waals surface area contributed by atoms with E-state index in [1.165, 1.54) is 40.0 Å². The van der Waals surface area contributed by atoms with E-state index in [4.69, 9.17) is 5.73 Å². The van der Waals surface area contributed by atoms with Crippen molar-refractivity contribution in [3.8, 4) is 6.07 Å². The Balaban J connectivity index is 2.15. The Labute approximate surface area is 185 Å². The van der Waals surface area contributed by atoms with Crippen LogP contribution in [0.5, 0.6) is 0 Å². The first-order chi connectivity index (χ1) is 15.1. The molecule has 32 heavy (non-hydrogen) atoms. The third kappa shape index (κ3) is 3.85. The van der Waals surface area contributed by atoms with Crippen LogP contribution in [0, 0.1) is 23.1 Å². The summed E-state index contributed by atoms with van der Waals surface area (Å²) in [6, 6.07) is 7.07. The van der Waals surface area contributed by atoms with Crippen LogP contribution in [0.1, 0.15) is 36.2 Å². The molecule has 1 fully saturated rings. The first-order valence-electron chi connectivity index (χ1n) is 10.1. The lowest BCUT2D eigenvalue weighted by molar-refractivity contribution is -0.0987. The summed E-state index contributed by atoms with van der Waals surface area (Å²) >= 11 is 0. The molecule has 0 spiro atoms. The zero-order chi connectivity index (χ0) is 23.6. The van der Waals surface area contributed by atoms with Crippen molar-refractivity contribution < 1.29 is 19.1 Å². The van der Waals surface area contributed by atoms with Gasteiger partial charge in [-0.15, -0.1) is 0 Å². The predicted molar refractivity (Wildman–Crippen MR) is 115 cm³/mol. The zero-order valence-electron chi connectivity index (χ0n) is 18.1. The lowest BCUT2D eigenvalue weighted by atomic mass is 9.79. The average Bonchev–Trinajstić information content (AvgIpc) is 3.17. The third-order valence-electron chi connectivity index (χ3n) is 6.07. The molecule has 0 aliphatic carbocycles. The molecule has 0 radical (unpaired) electrons. The topological polar surface area (TPSA) is 141 Å². The summed E-state index contributed by atoms with van der Waals surface area (Å²) in [5, 5.41) is 27.3. The number of benzene rings is 1. The van der Waals surface area contributed by atoms with E-state index >= 15 is 0 Å². The molecular formula is C21H26FN7O3. The Bertz CT molecular complexity index is 1050. The SMILES string of the molecule is CCC1(N(C)C)C(n2cc(C(N)=O)c(Nc3ccc(F)cc3)n2)C(C#N)CCN1C(=O)O. The minimum atomic E-state index is -1.10. The summed E-state index contributed by atoms with van der Waals surface area (Å²) in [5.74, 6) is -1.58. The highest BCUT2D eigenvalue weighted by atomic mass is 19.1. The monoisotopic (exact) mass is 443 g/mol. The molecule has 0 bridgehead atoms. The predicted octanol–water partition coefficient (Wildman–Crippen LogP) is 2.60. The van der Waals surface area contributed by atoms with Gasteiger partial charge in [0.2, 0.25) is 0 Å². The Morgan fingerprint density at radius 2 is 2.06 bits per heavy atom. The van der Waals surface area contributed by atoms with E-state index < -0.39 is 35.4 Å². The Hall–Kier alpha value is -3.65. The summed E-state index contributed by atoms with van der Waals surface area (Å²) in [4.78, 5) is 27.4. The number of piperidine rings is 1. The lowest BCUT2D eigenvalue weighted by Crippen LogP contribution is -2.68. The largest absolute Gasteiger partial charge is 0.465 e. The number of aromatic nitrogens is 2. The molecule has 3 rings (SSSR count). The van der Waals surface area contributed by atoms with Crippen LogP contribution in [0.3, 0.4) is 0 Å². The van der Waals surface area contributed by atoms with Gasteiger partial charge in [0.1, 0.15) is 23.1 Å². The van der Waals surface area contributed by atoms with E-state index in [-0.39, 0.29) is 17.9 Å². The number of carboxylic acid groups (broad SMARTS) is 1. The minimum Gasteiger partial charge on any atom is -0.465 e. The lowest BCUT2D eigenvalue weighted by Gasteiger charge is -2.55. The van der Waals surface area contributed by atoms with Gasteiger partial charge in [-0.25, -0.2) is 9.18 Å². The van der Waals surface area contributed by atoms with Crippen molar-refractivity contribution in [2.24, 2.45) is 11.7 Å². The summed E-state index contributed by atoms with van der Waals surface area (Å²) < 4.78 is 14.7. The molecule has 1 aliphatic heterocycles. The second kappa shape index (κ2) is 8.84. The summed E-state index contributed by atoms with van der Waals surface area (Å²) in [7, 11) is 3.50. The molecule has 1 aromatic carbocycles. The smallest absolute Gasteiger partial charge is 0.408 e. The molecule has 170 valence electrons. The van der Waals surface area contributed by atoms with Crippen LogP contribution >= 0.6 is 0 Å². The van der Waals surface area contributed by atoms with Crippen LogP contribution in [-0.4, -0.2) is 63.0 Å². The van der Waals surface area contributed by atoms with Crippen molar-refractivity contribution in [1.82, 2.24) is 19.6 Å². The molecule has 2 heterocycles. The molecule has 2 amide bonds. The fourth-order valence-corrected chi connectivity index (χ4v) is 4.59. The fraction of sp³-hybridized carbons (Fsp3) is 0.429. The quantitative estimate of drug-likeness (QED) is 0.623. The number of hydrogen-bond donors (Lipinski definition) is 3. The van der Waals surface area contributed by atoms with Crippen molar-refractivity contribution >= 4 is 23.5 Å². The fourth-order valence-electron chi connectivity index (χ4n) is 4.59. The number of nitriles is 1. The van der Waals surface area contributed by atoms with Crippen LogP contribution < -0.4 is 11.1 Å².